The summed E-state index contributed by atoms with van der Waals surface area (Å²) in [5.74, 6) is 1.12. The van der Waals surface area contributed by atoms with Crippen molar-refractivity contribution in [2.75, 3.05) is 53.0 Å². The van der Waals surface area contributed by atoms with Crippen molar-refractivity contribution in [2.24, 2.45) is 11.3 Å². The van der Waals surface area contributed by atoms with Gasteiger partial charge in [0.2, 0.25) is 11.8 Å². The van der Waals surface area contributed by atoms with Gasteiger partial charge in [-0.05, 0) is 51.6 Å². The first-order valence-electron chi connectivity index (χ1n) is 10.4. The molecule has 0 atom stereocenters. The average molecular weight is 366 g/mol. The van der Waals surface area contributed by atoms with Crippen molar-refractivity contribution in [1.82, 2.24) is 15.1 Å². The Hall–Kier alpha value is -1.14. The number of amides is 2. The zero-order chi connectivity index (χ0) is 18.4. The number of carbonyl (C=O) groups is 2. The van der Waals surface area contributed by atoms with Gasteiger partial charge in [0, 0.05) is 32.6 Å². The predicted molar refractivity (Wildman–Crippen MR) is 101 cm³/mol. The Balaban J connectivity index is 1.58. The van der Waals surface area contributed by atoms with E-state index in [1.165, 1.54) is 6.42 Å². The standard InChI is InChI=1S/C20H35N3O3/c1-21-9-4-17-5-10-23(11-6-17)19(25)20(7-2-3-8-20)16-18(24)22-12-14-26-15-13-22/h17,21H,2-16H2,1H3. The van der Waals surface area contributed by atoms with Crippen molar-refractivity contribution in [3.63, 3.8) is 0 Å². The summed E-state index contributed by atoms with van der Waals surface area (Å²) in [5.41, 5.74) is -0.437. The number of ether oxygens (including phenoxy) is 1. The van der Waals surface area contributed by atoms with Gasteiger partial charge in [-0.3, -0.25) is 9.59 Å². The molecule has 1 saturated carbocycles. The lowest BCUT2D eigenvalue weighted by Crippen LogP contribution is -2.49. The van der Waals surface area contributed by atoms with Gasteiger partial charge in [0.15, 0.2) is 0 Å². The number of piperidine rings is 1. The molecule has 1 N–H and O–H groups in total. The number of nitrogens with zero attached hydrogens (tertiary/aromatic N) is 2. The molecule has 0 aromatic rings. The third kappa shape index (κ3) is 4.58. The summed E-state index contributed by atoms with van der Waals surface area (Å²) in [6, 6.07) is 0. The summed E-state index contributed by atoms with van der Waals surface area (Å²) >= 11 is 0. The van der Waals surface area contributed by atoms with Crippen LogP contribution in [0.15, 0.2) is 0 Å². The quantitative estimate of drug-likeness (QED) is 0.777. The fourth-order valence-electron chi connectivity index (χ4n) is 4.84. The van der Waals surface area contributed by atoms with E-state index in [0.29, 0.717) is 32.7 Å². The minimum atomic E-state index is -0.437. The summed E-state index contributed by atoms with van der Waals surface area (Å²) in [7, 11) is 1.99. The van der Waals surface area contributed by atoms with E-state index in [9.17, 15) is 9.59 Å². The van der Waals surface area contributed by atoms with Crippen LogP contribution in [0.5, 0.6) is 0 Å². The normalized spacial score (nSPS) is 24.0. The van der Waals surface area contributed by atoms with Gasteiger partial charge in [-0.25, -0.2) is 0 Å². The van der Waals surface area contributed by atoms with Gasteiger partial charge in [-0.1, -0.05) is 12.8 Å². The summed E-state index contributed by atoms with van der Waals surface area (Å²) in [6.45, 7) is 5.34. The smallest absolute Gasteiger partial charge is 0.229 e. The Labute approximate surface area is 157 Å². The molecule has 3 aliphatic rings. The van der Waals surface area contributed by atoms with E-state index in [1.54, 1.807) is 0 Å². The number of morpholine rings is 1. The van der Waals surface area contributed by atoms with Gasteiger partial charge < -0.3 is 19.9 Å². The molecule has 3 rings (SSSR count). The fraction of sp³-hybridized carbons (Fsp3) is 0.900. The van der Waals surface area contributed by atoms with E-state index in [2.05, 4.69) is 10.2 Å². The predicted octanol–water partition coefficient (Wildman–Crippen LogP) is 1.64. The Morgan fingerprint density at radius 1 is 1.04 bits per heavy atom. The molecule has 0 radical (unpaired) electrons. The molecule has 2 aliphatic heterocycles. The van der Waals surface area contributed by atoms with Gasteiger partial charge in [-0.2, -0.15) is 0 Å². The van der Waals surface area contributed by atoms with E-state index in [1.807, 2.05) is 11.9 Å². The number of likely N-dealkylation sites (tertiary alicyclic amines) is 1. The molecule has 2 amide bonds. The van der Waals surface area contributed by atoms with E-state index in [4.69, 9.17) is 4.74 Å². The van der Waals surface area contributed by atoms with Crippen molar-refractivity contribution in [3.05, 3.63) is 0 Å². The molecule has 6 heteroatoms. The lowest BCUT2D eigenvalue weighted by molar-refractivity contribution is -0.150. The average Bonchev–Trinajstić information content (AvgIpc) is 3.16. The van der Waals surface area contributed by atoms with Crippen molar-refractivity contribution in [2.45, 2.75) is 51.4 Å². The molecule has 26 heavy (non-hydrogen) atoms. The molecule has 0 bridgehead atoms. The van der Waals surface area contributed by atoms with Crippen molar-refractivity contribution in [1.29, 1.82) is 0 Å². The van der Waals surface area contributed by atoms with Gasteiger partial charge in [-0.15, -0.1) is 0 Å². The monoisotopic (exact) mass is 365 g/mol. The van der Waals surface area contributed by atoms with Crippen molar-refractivity contribution in [3.8, 4) is 0 Å². The number of hydrogen-bond acceptors (Lipinski definition) is 4. The zero-order valence-electron chi connectivity index (χ0n) is 16.3. The summed E-state index contributed by atoms with van der Waals surface area (Å²) in [5, 5.41) is 3.22. The Kier molecular flexibility index (Phi) is 6.92. The highest BCUT2D eigenvalue weighted by Gasteiger charge is 2.46. The number of nitrogens with one attached hydrogen (secondary N) is 1. The zero-order valence-corrected chi connectivity index (χ0v) is 16.3. The molecular formula is C20H35N3O3. The van der Waals surface area contributed by atoms with Crippen LogP contribution in [0.3, 0.4) is 0 Å². The molecule has 0 spiro atoms. The molecule has 2 heterocycles. The molecule has 148 valence electrons. The molecular weight excluding hydrogens is 330 g/mol. The van der Waals surface area contributed by atoms with Crippen LogP contribution in [-0.2, 0) is 14.3 Å². The fourth-order valence-corrected chi connectivity index (χ4v) is 4.84. The Morgan fingerprint density at radius 2 is 1.69 bits per heavy atom. The number of hydrogen-bond donors (Lipinski definition) is 1. The maximum absolute atomic E-state index is 13.4. The van der Waals surface area contributed by atoms with E-state index in [-0.39, 0.29) is 11.8 Å². The van der Waals surface area contributed by atoms with E-state index >= 15 is 0 Å². The van der Waals surface area contributed by atoms with Crippen LogP contribution < -0.4 is 5.32 Å². The molecule has 0 unspecified atom stereocenters. The van der Waals surface area contributed by atoms with Crippen LogP contribution >= 0.6 is 0 Å². The number of carbonyl (C=O) groups excluding carboxylic acids is 2. The largest absolute Gasteiger partial charge is 0.378 e. The maximum Gasteiger partial charge on any atom is 0.229 e. The summed E-state index contributed by atoms with van der Waals surface area (Å²) < 4.78 is 5.35. The maximum atomic E-state index is 13.4. The molecule has 2 saturated heterocycles. The second-order valence-corrected chi connectivity index (χ2v) is 8.29. The SMILES string of the molecule is CNCCC1CCN(C(=O)C2(CC(=O)N3CCOCC3)CCCC2)CC1. The van der Waals surface area contributed by atoms with Crippen molar-refractivity contribution >= 4 is 11.8 Å². The van der Waals surface area contributed by atoms with Crippen LogP contribution in [0.2, 0.25) is 0 Å². The van der Waals surface area contributed by atoms with Crippen LogP contribution in [0.25, 0.3) is 0 Å². The first-order valence-corrected chi connectivity index (χ1v) is 10.4. The molecule has 0 aromatic heterocycles. The molecule has 3 fully saturated rings. The number of rotatable bonds is 6. The van der Waals surface area contributed by atoms with Gasteiger partial charge in [0.25, 0.3) is 0 Å². The van der Waals surface area contributed by atoms with E-state index in [0.717, 1.165) is 64.1 Å². The molecule has 6 nitrogen and oxygen atoms in total. The highest BCUT2D eigenvalue weighted by Crippen LogP contribution is 2.44. The first-order chi connectivity index (χ1) is 12.6. The first kappa shape index (κ1) is 19.6. The van der Waals surface area contributed by atoms with E-state index < -0.39 is 5.41 Å². The second-order valence-electron chi connectivity index (χ2n) is 8.29. The van der Waals surface area contributed by atoms with Crippen LogP contribution in [0.1, 0.15) is 51.4 Å². The minimum absolute atomic E-state index is 0.146. The third-order valence-corrected chi connectivity index (χ3v) is 6.57. The topological polar surface area (TPSA) is 61.9 Å². The lowest BCUT2D eigenvalue weighted by atomic mass is 9.79. The van der Waals surface area contributed by atoms with Gasteiger partial charge >= 0.3 is 0 Å². The summed E-state index contributed by atoms with van der Waals surface area (Å²) in [6.07, 6.45) is 7.68. The van der Waals surface area contributed by atoms with Crippen LogP contribution in [-0.4, -0.2) is 74.6 Å². The van der Waals surface area contributed by atoms with Crippen LogP contribution in [0, 0.1) is 11.3 Å². The molecule has 1 aliphatic carbocycles. The second kappa shape index (κ2) is 9.18. The lowest BCUT2D eigenvalue weighted by Gasteiger charge is -2.39. The minimum Gasteiger partial charge on any atom is -0.378 e. The highest BCUT2D eigenvalue weighted by molar-refractivity contribution is 5.89. The van der Waals surface area contributed by atoms with Gasteiger partial charge in [0.1, 0.15) is 0 Å². The highest BCUT2D eigenvalue weighted by atomic mass is 16.5. The van der Waals surface area contributed by atoms with Crippen LogP contribution in [0.4, 0.5) is 0 Å². The Morgan fingerprint density at radius 3 is 2.31 bits per heavy atom. The summed E-state index contributed by atoms with van der Waals surface area (Å²) in [4.78, 5) is 30.1. The Bertz CT molecular complexity index is 477. The van der Waals surface area contributed by atoms with Crippen molar-refractivity contribution < 1.29 is 14.3 Å². The molecule has 0 aromatic carbocycles. The third-order valence-electron chi connectivity index (χ3n) is 6.57. The van der Waals surface area contributed by atoms with Gasteiger partial charge in [0.05, 0.1) is 18.6 Å².